The van der Waals surface area contributed by atoms with E-state index in [0.29, 0.717) is 12.0 Å². The minimum Gasteiger partial charge on any atom is -0.394 e. The van der Waals surface area contributed by atoms with Gasteiger partial charge in [0, 0.05) is 22.7 Å². The van der Waals surface area contributed by atoms with Crippen molar-refractivity contribution in [3.05, 3.63) is 95.7 Å². The highest BCUT2D eigenvalue weighted by molar-refractivity contribution is 6.01. The van der Waals surface area contributed by atoms with Gasteiger partial charge in [0.2, 0.25) is 0 Å². The average molecular weight is 400 g/mol. The molecule has 4 rings (SSSR count). The van der Waals surface area contributed by atoms with Crippen LogP contribution in [0.5, 0.6) is 0 Å². The van der Waals surface area contributed by atoms with Crippen molar-refractivity contribution in [3.8, 4) is 11.1 Å². The number of H-pyrrole nitrogens is 1. The van der Waals surface area contributed by atoms with E-state index in [1.165, 1.54) is 0 Å². The molecule has 1 amide bonds. The van der Waals surface area contributed by atoms with Gasteiger partial charge in [-0.25, -0.2) is 0 Å². The van der Waals surface area contributed by atoms with E-state index in [0.717, 1.165) is 33.2 Å². The van der Waals surface area contributed by atoms with Crippen molar-refractivity contribution in [2.45, 2.75) is 19.1 Å². The van der Waals surface area contributed by atoms with Gasteiger partial charge in [-0.15, -0.1) is 0 Å². The van der Waals surface area contributed by atoms with E-state index in [-0.39, 0.29) is 19.1 Å². The normalized spacial score (nSPS) is 12.1. The minimum atomic E-state index is -0.401. The summed E-state index contributed by atoms with van der Waals surface area (Å²) in [5.41, 5.74) is 5.16. The lowest BCUT2D eigenvalue weighted by Gasteiger charge is -2.18. The summed E-state index contributed by atoms with van der Waals surface area (Å²) in [6.07, 6.45) is 2.45. The molecule has 0 bridgehead atoms. The standard InChI is InChI=1S/C25H24N2O3/c28-15-17-9-11-18(12-10-17)21-5-1-2-7-23(21)25(30)27-20(16-29)13-19-14-26-24-8-4-3-6-22(19)24/h1-12,14,20,26,28-29H,13,15-16H2,(H,27,30)/t20-/m1/s1. The SMILES string of the molecule is O=C(N[C@@H](CO)Cc1c[nH]c2ccccc12)c1ccccc1-c1ccc(CO)cc1. The van der Waals surface area contributed by atoms with Gasteiger partial charge < -0.3 is 20.5 Å². The highest BCUT2D eigenvalue weighted by Crippen LogP contribution is 2.25. The number of aromatic nitrogens is 1. The molecule has 4 aromatic rings. The molecule has 0 aliphatic carbocycles. The molecule has 0 spiro atoms. The van der Waals surface area contributed by atoms with Crippen molar-refractivity contribution >= 4 is 16.8 Å². The molecule has 3 aromatic carbocycles. The second-order valence-electron chi connectivity index (χ2n) is 7.32. The number of benzene rings is 3. The molecule has 0 aliphatic rings. The molecule has 0 aliphatic heterocycles. The molecule has 1 atom stereocenters. The number of rotatable bonds is 7. The second kappa shape index (κ2) is 8.95. The Labute approximate surface area is 175 Å². The highest BCUT2D eigenvalue weighted by atomic mass is 16.3. The van der Waals surface area contributed by atoms with Crippen LogP contribution in [0.2, 0.25) is 0 Å². The van der Waals surface area contributed by atoms with Gasteiger partial charge in [-0.1, -0.05) is 60.7 Å². The van der Waals surface area contributed by atoms with Crippen LogP contribution in [0.4, 0.5) is 0 Å². The van der Waals surface area contributed by atoms with Crippen LogP contribution in [0.15, 0.2) is 79.0 Å². The summed E-state index contributed by atoms with van der Waals surface area (Å²) in [6, 6.07) is 22.5. The molecule has 5 nitrogen and oxygen atoms in total. The fraction of sp³-hybridized carbons (Fsp3) is 0.160. The second-order valence-corrected chi connectivity index (χ2v) is 7.32. The summed E-state index contributed by atoms with van der Waals surface area (Å²) in [7, 11) is 0. The van der Waals surface area contributed by atoms with Crippen LogP contribution in [-0.4, -0.2) is 33.8 Å². The third-order valence-electron chi connectivity index (χ3n) is 5.32. The lowest BCUT2D eigenvalue weighted by atomic mass is 9.97. The summed E-state index contributed by atoms with van der Waals surface area (Å²) in [5.74, 6) is -0.226. The lowest BCUT2D eigenvalue weighted by Crippen LogP contribution is -2.39. The summed E-state index contributed by atoms with van der Waals surface area (Å²) in [4.78, 5) is 16.3. The van der Waals surface area contributed by atoms with Gasteiger partial charge in [0.05, 0.1) is 19.3 Å². The van der Waals surface area contributed by atoms with Crippen molar-refractivity contribution in [1.82, 2.24) is 10.3 Å². The first-order valence-electron chi connectivity index (χ1n) is 9.95. The Bertz CT molecular complexity index is 1150. The van der Waals surface area contributed by atoms with Gasteiger partial charge in [0.25, 0.3) is 5.91 Å². The molecule has 0 saturated heterocycles. The minimum absolute atomic E-state index is 0.0194. The molecule has 5 heteroatoms. The van der Waals surface area contributed by atoms with Crippen molar-refractivity contribution < 1.29 is 15.0 Å². The molecule has 1 aromatic heterocycles. The molecular weight excluding hydrogens is 376 g/mol. The highest BCUT2D eigenvalue weighted by Gasteiger charge is 2.18. The Balaban J connectivity index is 1.55. The molecule has 0 radical (unpaired) electrons. The summed E-state index contributed by atoms with van der Waals surface area (Å²) >= 11 is 0. The van der Waals surface area contributed by atoms with Crippen LogP contribution >= 0.6 is 0 Å². The average Bonchev–Trinajstić information content (AvgIpc) is 3.21. The van der Waals surface area contributed by atoms with E-state index in [1.54, 1.807) is 6.07 Å². The number of fused-ring (bicyclic) bond motifs is 1. The van der Waals surface area contributed by atoms with Crippen LogP contribution in [0, 0.1) is 0 Å². The number of aromatic amines is 1. The zero-order valence-corrected chi connectivity index (χ0v) is 16.5. The monoisotopic (exact) mass is 400 g/mol. The number of carbonyl (C=O) groups excluding carboxylic acids is 1. The van der Waals surface area contributed by atoms with E-state index in [4.69, 9.17) is 0 Å². The first-order chi connectivity index (χ1) is 14.7. The number of aliphatic hydroxyl groups excluding tert-OH is 2. The molecule has 0 saturated carbocycles. The zero-order valence-electron chi connectivity index (χ0n) is 16.5. The maximum Gasteiger partial charge on any atom is 0.252 e. The molecule has 0 unspecified atom stereocenters. The molecule has 30 heavy (non-hydrogen) atoms. The maximum absolute atomic E-state index is 13.1. The fourth-order valence-corrected chi connectivity index (χ4v) is 3.71. The molecule has 0 fully saturated rings. The third-order valence-corrected chi connectivity index (χ3v) is 5.32. The van der Waals surface area contributed by atoms with Gasteiger partial charge in [0.15, 0.2) is 0 Å². The Morgan fingerprint density at radius 1 is 0.933 bits per heavy atom. The largest absolute Gasteiger partial charge is 0.394 e. The first-order valence-corrected chi connectivity index (χ1v) is 9.95. The smallest absolute Gasteiger partial charge is 0.252 e. The van der Waals surface area contributed by atoms with Crippen LogP contribution in [0.3, 0.4) is 0 Å². The van der Waals surface area contributed by atoms with Gasteiger partial charge in [0.1, 0.15) is 0 Å². The van der Waals surface area contributed by atoms with Crippen molar-refractivity contribution in [1.29, 1.82) is 0 Å². The topological polar surface area (TPSA) is 85.4 Å². The third kappa shape index (κ3) is 4.13. The van der Waals surface area contributed by atoms with Gasteiger partial charge in [-0.2, -0.15) is 0 Å². The zero-order chi connectivity index (χ0) is 20.9. The number of hydrogen-bond acceptors (Lipinski definition) is 3. The predicted octanol–water partition coefficient (Wildman–Crippen LogP) is 3.66. The van der Waals surface area contributed by atoms with E-state index < -0.39 is 6.04 Å². The van der Waals surface area contributed by atoms with Crippen molar-refractivity contribution in [2.75, 3.05) is 6.61 Å². The van der Waals surface area contributed by atoms with Gasteiger partial charge in [-0.05, 0) is 40.8 Å². The fourth-order valence-electron chi connectivity index (χ4n) is 3.71. The Hall–Kier alpha value is -3.41. The molecule has 1 heterocycles. The van der Waals surface area contributed by atoms with Crippen molar-refractivity contribution in [2.24, 2.45) is 0 Å². The van der Waals surface area contributed by atoms with E-state index in [9.17, 15) is 15.0 Å². The van der Waals surface area contributed by atoms with E-state index in [2.05, 4.69) is 10.3 Å². The number of hydrogen-bond donors (Lipinski definition) is 4. The lowest BCUT2D eigenvalue weighted by molar-refractivity contribution is 0.0917. The first kappa shape index (κ1) is 19.9. The number of nitrogens with one attached hydrogen (secondary N) is 2. The Kier molecular flexibility index (Phi) is 5.93. The van der Waals surface area contributed by atoms with Gasteiger partial charge >= 0.3 is 0 Å². The van der Waals surface area contributed by atoms with Crippen LogP contribution in [0.25, 0.3) is 22.0 Å². The van der Waals surface area contributed by atoms with Crippen LogP contribution in [-0.2, 0) is 13.0 Å². The molecule has 152 valence electrons. The van der Waals surface area contributed by atoms with Crippen molar-refractivity contribution in [3.63, 3.8) is 0 Å². The quantitative estimate of drug-likeness (QED) is 0.382. The summed E-state index contributed by atoms with van der Waals surface area (Å²) in [5, 5.41) is 23.2. The molecular formula is C25H24N2O3. The van der Waals surface area contributed by atoms with E-state index in [1.807, 2.05) is 72.9 Å². The Morgan fingerprint density at radius 3 is 2.43 bits per heavy atom. The number of carbonyl (C=O) groups is 1. The van der Waals surface area contributed by atoms with Gasteiger partial charge in [-0.3, -0.25) is 4.79 Å². The number of para-hydroxylation sites is 1. The Morgan fingerprint density at radius 2 is 1.67 bits per heavy atom. The maximum atomic E-state index is 13.1. The predicted molar refractivity (Wildman–Crippen MR) is 118 cm³/mol. The molecule has 4 N–H and O–H groups in total. The van der Waals surface area contributed by atoms with Crippen LogP contribution < -0.4 is 5.32 Å². The van der Waals surface area contributed by atoms with E-state index >= 15 is 0 Å². The number of aliphatic hydroxyl groups is 2. The number of amides is 1. The van der Waals surface area contributed by atoms with Crippen LogP contribution in [0.1, 0.15) is 21.5 Å². The summed E-state index contributed by atoms with van der Waals surface area (Å²) in [6.45, 7) is -0.174. The summed E-state index contributed by atoms with van der Waals surface area (Å²) < 4.78 is 0.